The second kappa shape index (κ2) is 8.11. The fourth-order valence-electron chi connectivity index (χ4n) is 2.94. The Morgan fingerprint density at radius 2 is 1.96 bits per heavy atom. The van der Waals surface area contributed by atoms with Gasteiger partial charge in [0.25, 0.3) is 5.91 Å². The third-order valence-electron chi connectivity index (χ3n) is 4.10. The Bertz CT molecular complexity index is 551. The Balaban J connectivity index is 2.01. The van der Waals surface area contributed by atoms with Gasteiger partial charge in [0.05, 0.1) is 0 Å². The molecule has 1 aliphatic heterocycles. The first-order chi connectivity index (χ1) is 11.0. The van der Waals surface area contributed by atoms with Gasteiger partial charge in [-0.25, -0.2) is 4.79 Å². The van der Waals surface area contributed by atoms with Crippen LogP contribution in [0.5, 0.6) is 0 Å². The van der Waals surface area contributed by atoms with E-state index in [2.05, 4.69) is 10.2 Å². The second-order valence-electron chi connectivity index (χ2n) is 6.68. The van der Waals surface area contributed by atoms with Gasteiger partial charge in [-0.15, -0.1) is 0 Å². The molecule has 1 amide bonds. The predicted octanol–water partition coefficient (Wildman–Crippen LogP) is 2.51. The molecule has 1 aliphatic rings. The number of hydrogen-bond acceptors (Lipinski definition) is 3. The molecule has 1 unspecified atom stereocenters. The maximum atomic E-state index is 12.3. The molecule has 0 bridgehead atoms. The molecule has 5 heteroatoms. The van der Waals surface area contributed by atoms with E-state index >= 15 is 0 Å². The largest absolute Gasteiger partial charge is 0.480 e. The van der Waals surface area contributed by atoms with Crippen LogP contribution in [0.15, 0.2) is 24.3 Å². The molecule has 0 aliphatic carbocycles. The number of amides is 1. The third-order valence-corrected chi connectivity index (χ3v) is 4.10. The van der Waals surface area contributed by atoms with E-state index in [1.807, 2.05) is 32.0 Å². The predicted molar refractivity (Wildman–Crippen MR) is 89.3 cm³/mol. The molecule has 0 aromatic heterocycles. The molecular weight excluding hydrogens is 292 g/mol. The summed E-state index contributed by atoms with van der Waals surface area (Å²) in [4.78, 5) is 26.0. The van der Waals surface area contributed by atoms with Crippen molar-refractivity contribution in [1.82, 2.24) is 10.2 Å². The molecule has 1 atom stereocenters. The first kappa shape index (κ1) is 17.5. The Kier molecular flexibility index (Phi) is 6.16. The van der Waals surface area contributed by atoms with Crippen LogP contribution in [0.4, 0.5) is 0 Å². The van der Waals surface area contributed by atoms with Gasteiger partial charge in [-0.1, -0.05) is 26.0 Å². The first-order valence-corrected chi connectivity index (χ1v) is 8.30. The van der Waals surface area contributed by atoms with Crippen LogP contribution < -0.4 is 5.32 Å². The number of hydrogen-bond donors (Lipinski definition) is 2. The summed E-state index contributed by atoms with van der Waals surface area (Å²) in [6.07, 6.45) is 2.89. The summed E-state index contributed by atoms with van der Waals surface area (Å²) in [6.45, 7) is 6.94. The number of benzene rings is 1. The van der Waals surface area contributed by atoms with E-state index in [-0.39, 0.29) is 11.8 Å². The lowest BCUT2D eigenvalue weighted by Crippen LogP contribution is -2.41. The SMILES string of the molecule is CC(C)CC(NC(=O)c1cccc(CN2CCCC2)c1)C(=O)O. The molecule has 0 spiro atoms. The van der Waals surface area contributed by atoms with E-state index in [9.17, 15) is 14.7 Å². The fraction of sp³-hybridized carbons (Fsp3) is 0.556. The molecular formula is C18H26N2O3. The highest BCUT2D eigenvalue weighted by Crippen LogP contribution is 2.14. The highest BCUT2D eigenvalue weighted by Gasteiger charge is 2.22. The summed E-state index contributed by atoms with van der Waals surface area (Å²) < 4.78 is 0. The molecule has 0 saturated carbocycles. The average molecular weight is 318 g/mol. The first-order valence-electron chi connectivity index (χ1n) is 8.30. The lowest BCUT2D eigenvalue weighted by atomic mass is 10.0. The number of carboxylic acids is 1. The topological polar surface area (TPSA) is 69.6 Å². The Hall–Kier alpha value is -1.88. The number of rotatable bonds is 7. The van der Waals surface area contributed by atoms with Crippen LogP contribution in [0, 0.1) is 5.92 Å². The summed E-state index contributed by atoms with van der Waals surface area (Å²) in [5, 5.41) is 11.9. The van der Waals surface area contributed by atoms with Gasteiger partial charge in [-0.05, 0) is 56.0 Å². The Morgan fingerprint density at radius 3 is 2.57 bits per heavy atom. The van der Waals surface area contributed by atoms with Crippen LogP contribution in [0.2, 0.25) is 0 Å². The normalized spacial score (nSPS) is 16.5. The average Bonchev–Trinajstić information content (AvgIpc) is 2.99. The molecule has 5 nitrogen and oxygen atoms in total. The standard InChI is InChI=1S/C18H26N2O3/c1-13(2)10-16(18(22)23)19-17(21)15-7-5-6-14(11-15)12-20-8-3-4-9-20/h5-7,11,13,16H,3-4,8-10,12H2,1-2H3,(H,19,21)(H,22,23). The molecule has 0 radical (unpaired) electrons. The van der Waals surface area contributed by atoms with Crippen LogP contribution in [0.1, 0.15) is 49.0 Å². The van der Waals surface area contributed by atoms with Crippen LogP contribution >= 0.6 is 0 Å². The summed E-state index contributed by atoms with van der Waals surface area (Å²) in [5.41, 5.74) is 1.62. The van der Waals surface area contributed by atoms with E-state index < -0.39 is 12.0 Å². The van der Waals surface area contributed by atoms with Crippen molar-refractivity contribution in [2.24, 2.45) is 5.92 Å². The highest BCUT2D eigenvalue weighted by atomic mass is 16.4. The van der Waals surface area contributed by atoms with Crippen molar-refractivity contribution < 1.29 is 14.7 Å². The van der Waals surface area contributed by atoms with Crippen molar-refractivity contribution in [2.45, 2.75) is 45.7 Å². The minimum atomic E-state index is -0.986. The molecule has 23 heavy (non-hydrogen) atoms. The minimum absolute atomic E-state index is 0.206. The smallest absolute Gasteiger partial charge is 0.326 e. The fourth-order valence-corrected chi connectivity index (χ4v) is 2.94. The van der Waals surface area contributed by atoms with Gasteiger partial charge in [0.15, 0.2) is 0 Å². The van der Waals surface area contributed by atoms with Crippen LogP contribution in [-0.2, 0) is 11.3 Å². The van der Waals surface area contributed by atoms with E-state index in [0.29, 0.717) is 12.0 Å². The molecule has 1 heterocycles. The summed E-state index contributed by atoms with van der Waals surface area (Å²) in [5.74, 6) is -1.10. The number of carboxylic acid groups (broad SMARTS) is 1. The molecule has 1 aromatic rings. The summed E-state index contributed by atoms with van der Waals surface area (Å²) >= 11 is 0. The zero-order chi connectivity index (χ0) is 16.8. The molecule has 1 fully saturated rings. The van der Waals surface area contributed by atoms with E-state index in [1.54, 1.807) is 6.07 Å². The lowest BCUT2D eigenvalue weighted by molar-refractivity contribution is -0.139. The van der Waals surface area contributed by atoms with Crippen molar-refractivity contribution in [3.8, 4) is 0 Å². The van der Waals surface area contributed by atoms with Crippen molar-refractivity contribution in [3.05, 3.63) is 35.4 Å². The number of nitrogens with zero attached hydrogens (tertiary/aromatic N) is 1. The van der Waals surface area contributed by atoms with Crippen molar-refractivity contribution in [3.63, 3.8) is 0 Å². The minimum Gasteiger partial charge on any atom is -0.480 e. The quantitative estimate of drug-likeness (QED) is 0.810. The van der Waals surface area contributed by atoms with Gasteiger partial charge >= 0.3 is 5.97 Å². The van der Waals surface area contributed by atoms with Crippen molar-refractivity contribution >= 4 is 11.9 Å². The maximum Gasteiger partial charge on any atom is 0.326 e. The highest BCUT2D eigenvalue weighted by molar-refractivity contribution is 5.96. The molecule has 1 aromatic carbocycles. The summed E-state index contributed by atoms with van der Waals surface area (Å²) in [7, 11) is 0. The molecule has 2 N–H and O–H groups in total. The van der Waals surface area contributed by atoms with Crippen LogP contribution in [0.25, 0.3) is 0 Å². The number of carbonyl (C=O) groups excluding carboxylic acids is 1. The number of nitrogens with one attached hydrogen (secondary N) is 1. The monoisotopic (exact) mass is 318 g/mol. The summed E-state index contributed by atoms with van der Waals surface area (Å²) in [6, 6.07) is 6.62. The Morgan fingerprint density at radius 1 is 1.26 bits per heavy atom. The number of likely N-dealkylation sites (tertiary alicyclic amines) is 1. The van der Waals surface area contributed by atoms with Gasteiger partial charge in [0, 0.05) is 12.1 Å². The van der Waals surface area contributed by atoms with E-state index in [0.717, 1.165) is 25.2 Å². The molecule has 2 rings (SSSR count). The van der Waals surface area contributed by atoms with Gasteiger partial charge in [0.2, 0.25) is 0 Å². The van der Waals surface area contributed by atoms with E-state index in [4.69, 9.17) is 0 Å². The van der Waals surface area contributed by atoms with E-state index in [1.165, 1.54) is 12.8 Å². The number of aliphatic carboxylic acids is 1. The zero-order valence-corrected chi connectivity index (χ0v) is 13.9. The van der Waals surface area contributed by atoms with Crippen LogP contribution in [0.3, 0.4) is 0 Å². The Labute approximate surface area is 137 Å². The van der Waals surface area contributed by atoms with Crippen molar-refractivity contribution in [1.29, 1.82) is 0 Å². The second-order valence-corrected chi connectivity index (χ2v) is 6.68. The van der Waals surface area contributed by atoms with Crippen molar-refractivity contribution in [2.75, 3.05) is 13.1 Å². The van der Waals surface area contributed by atoms with Gasteiger partial charge in [-0.2, -0.15) is 0 Å². The lowest BCUT2D eigenvalue weighted by Gasteiger charge is -2.17. The van der Waals surface area contributed by atoms with Gasteiger partial charge < -0.3 is 10.4 Å². The van der Waals surface area contributed by atoms with Gasteiger partial charge in [-0.3, -0.25) is 9.69 Å². The zero-order valence-electron chi connectivity index (χ0n) is 13.9. The third kappa shape index (κ3) is 5.36. The molecule has 126 valence electrons. The van der Waals surface area contributed by atoms with Gasteiger partial charge in [0.1, 0.15) is 6.04 Å². The maximum absolute atomic E-state index is 12.3. The number of carbonyl (C=O) groups is 2. The van der Waals surface area contributed by atoms with Crippen LogP contribution in [-0.4, -0.2) is 41.0 Å². The molecule has 1 saturated heterocycles.